The largest absolute Gasteiger partial charge is 0.367 e. The minimum absolute atomic E-state index is 0.0252. The van der Waals surface area contributed by atoms with Gasteiger partial charge in [0.15, 0.2) is 6.29 Å². The van der Waals surface area contributed by atoms with Gasteiger partial charge in [0.25, 0.3) is 0 Å². The summed E-state index contributed by atoms with van der Waals surface area (Å²) in [5.41, 5.74) is -0.320. The number of Topliss-reactive ketones (excluding diaryl/α,β-unsaturated/α-hetero) is 1. The zero-order valence-corrected chi connectivity index (χ0v) is 12.5. The number of hydrogen-bond donors (Lipinski definition) is 0. The van der Waals surface area contributed by atoms with E-state index in [4.69, 9.17) is 18.9 Å². The molecule has 3 saturated heterocycles. The predicted octanol–water partition coefficient (Wildman–Crippen LogP) is 1.68. The number of carbonyl (C=O) groups excluding carboxylic acids is 1. The zero-order valence-electron chi connectivity index (χ0n) is 12.5. The van der Waals surface area contributed by atoms with Gasteiger partial charge in [-0.25, -0.2) is 0 Å². The summed E-state index contributed by atoms with van der Waals surface area (Å²) in [5.74, 6) is 0.287. The molecule has 1 unspecified atom stereocenters. The van der Waals surface area contributed by atoms with Crippen LogP contribution in [0.15, 0.2) is 0 Å². The van der Waals surface area contributed by atoms with Gasteiger partial charge in [0.1, 0.15) is 17.5 Å². The highest BCUT2D eigenvalue weighted by atomic mass is 16.7. The lowest BCUT2D eigenvalue weighted by Crippen LogP contribution is -2.54. The SMILES string of the molecule is CO[C@@H]1OC[C@]23C[C@H]1O[C@H]2CC[C@H](CC(C)C(C)=O)O3. The van der Waals surface area contributed by atoms with E-state index >= 15 is 0 Å². The van der Waals surface area contributed by atoms with E-state index in [9.17, 15) is 4.79 Å². The van der Waals surface area contributed by atoms with E-state index in [0.29, 0.717) is 6.61 Å². The third kappa shape index (κ3) is 2.41. The Morgan fingerprint density at radius 2 is 2.25 bits per heavy atom. The summed E-state index contributed by atoms with van der Waals surface area (Å²) in [6.45, 7) is 4.15. The Hall–Kier alpha value is -0.490. The fraction of sp³-hybridized carbons (Fsp3) is 0.933. The molecule has 0 aromatic heterocycles. The van der Waals surface area contributed by atoms with Crippen molar-refractivity contribution in [1.82, 2.24) is 0 Å². The molecule has 0 aliphatic carbocycles. The molecular weight excluding hydrogens is 260 g/mol. The third-order valence-corrected chi connectivity index (χ3v) is 4.96. The van der Waals surface area contributed by atoms with Gasteiger partial charge < -0.3 is 18.9 Å². The Morgan fingerprint density at radius 1 is 1.45 bits per heavy atom. The van der Waals surface area contributed by atoms with Gasteiger partial charge in [0, 0.05) is 19.4 Å². The van der Waals surface area contributed by atoms with Gasteiger partial charge in [-0.15, -0.1) is 0 Å². The molecule has 2 bridgehead atoms. The normalized spacial score (nSPS) is 45.0. The van der Waals surface area contributed by atoms with Crippen LogP contribution in [0.5, 0.6) is 0 Å². The zero-order chi connectivity index (χ0) is 14.3. The molecule has 1 spiro atoms. The van der Waals surface area contributed by atoms with E-state index in [1.54, 1.807) is 14.0 Å². The summed E-state index contributed by atoms with van der Waals surface area (Å²) in [6.07, 6.45) is 3.50. The summed E-state index contributed by atoms with van der Waals surface area (Å²) in [7, 11) is 1.65. The smallest absolute Gasteiger partial charge is 0.183 e. The topological polar surface area (TPSA) is 54.0 Å². The van der Waals surface area contributed by atoms with Crippen LogP contribution in [0, 0.1) is 5.92 Å². The van der Waals surface area contributed by atoms with Crippen LogP contribution in [-0.2, 0) is 23.7 Å². The summed E-state index contributed by atoms with van der Waals surface area (Å²) in [5, 5.41) is 0. The van der Waals surface area contributed by atoms with E-state index in [1.165, 1.54) is 0 Å². The van der Waals surface area contributed by atoms with Crippen LogP contribution in [0.1, 0.15) is 39.5 Å². The highest BCUT2D eigenvalue weighted by molar-refractivity contribution is 5.77. The second-order valence-electron chi connectivity index (χ2n) is 6.41. The average molecular weight is 284 g/mol. The molecule has 3 heterocycles. The van der Waals surface area contributed by atoms with Gasteiger partial charge in [-0.1, -0.05) is 6.92 Å². The number of rotatable bonds is 4. The summed E-state index contributed by atoms with van der Waals surface area (Å²) in [4.78, 5) is 11.4. The molecule has 0 saturated carbocycles. The second-order valence-corrected chi connectivity index (χ2v) is 6.41. The van der Waals surface area contributed by atoms with Crippen LogP contribution in [0.2, 0.25) is 0 Å². The summed E-state index contributed by atoms with van der Waals surface area (Å²) >= 11 is 0. The predicted molar refractivity (Wildman–Crippen MR) is 71.3 cm³/mol. The molecule has 3 aliphatic heterocycles. The second kappa shape index (κ2) is 5.37. The maximum Gasteiger partial charge on any atom is 0.183 e. The highest BCUT2D eigenvalue weighted by Gasteiger charge is 2.58. The highest BCUT2D eigenvalue weighted by Crippen LogP contribution is 2.47. The van der Waals surface area contributed by atoms with Gasteiger partial charge in [0.2, 0.25) is 0 Å². The first-order valence-electron chi connectivity index (χ1n) is 7.52. The fourth-order valence-corrected chi connectivity index (χ4v) is 3.66. The number of hydrogen-bond acceptors (Lipinski definition) is 5. The van der Waals surface area contributed by atoms with Crippen LogP contribution in [-0.4, -0.2) is 49.7 Å². The van der Waals surface area contributed by atoms with E-state index in [1.807, 2.05) is 6.92 Å². The molecular formula is C15H24O5. The van der Waals surface area contributed by atoms with Gasteiger partial charge in [-0.2, -0.15) is 0 Å². The summed E-state index contributed by atoms with van der Waals surface area (Å²) in [6, 6.07) is 0. The molecule has 3 aliphatic rings. The van der Waals surface area contributed by atoms with Crippen molar-refractivity contribution < 1.29 is 23.7 Å². The average Bonchev–Trinajstić information content (AvgIpc) is 2.71. The van der Waals surface area contributed by atoms with Crippen LogP contribution in [0.3, 0.4) is 0 Å². The van der Waals surface area contributed by atoms with Gasteiger partial charge in [0.05, 0.1) is 18.8 Å². The van der Waals surface area contributed by atoms with E-state index in [2.05, 4.69) is 0 Å². The first-order chi connectivity index (χ1) is 9.54. The van der Waals surface area contributed by atoms with Crippen LogP contribution < -0.4 is 0 Å². The van der Waals surface area contributed by atoms with Crippen molar-refractivity contribution in [2.45, 2.75) is 69.7 Å². The molecule has 0 radical (unpaired) electrons. The lowest BCUT2D eigenvalue weighted by Gasteiger charge is -2.43. The van der Waals surface area contributed by atoms with E-state index in [0.717, 1.165) is 25.7 Å². The van der Waals surface area contributed by atoms with Crippen LogP contribution >= 0.6 is 0 Å². The minimum atomic E-state index is -0.320. The van der Waals surface area contributed by atoms with Crippen molar-refractivity contribution in [3.63, 3.8) is 0 Å². The number of carbonyl (C=O) groups is 1. The monoisotopic (exact) mass is 284 g/mol. The molecule has 20 heavy (non-hydrogen) atoms. The number of ketones is 1. The molecule has 5 heteroatoms. The summed E-state index contributed by atoms with van der Waals surface area (Å²) < 4.78 is 23.4. The number of ether oxygens (including phenoxy) is 4. The molecule has 0 aromatic carbocycles. The van der Waals surface area contributed by atoms with Crippen LogP contribution in [0.4, 0.5) is 0 Å². The maximum absolute atomic E-state index is 11.4. The van der Waals surface area contributed by atoms with Gasteiger partial charge >= 0.3 is 0 Å². The Labute approximate surface area is 119 Å². The Bertz CT molecular complexity index is 384. The molecule has 0 amide bonds. The van der Waals surface area contributed by atoms with Gasteiger partial charge in [-0.05, 0) is 26.2 Å². The number of methoxy groups -OCH3 is 1. The van der Waals surface area contributed by atoms with Gasteiger partial charge in [-0.3, -0.25) is 4.79 Å². The Kier molecular flexibility index (Phi) is 3.88. The lowest BCUT2D eigenvalue weighted by atomic mass is 9.84. The molecule has 0 aromatic rings. The molecule has 6 atom stereocenters. The van der Waals surface area contributed by atoms with E-state index in [-0.39, 0.29) is 41.9 Å². The molecule has 114 valence electrons. The molecule has 5 nitrogen and oxygen atoms in total. The first kappa shape index (κ1) is 14.4. The van der Waals surface area contributed by atoms with Crippen molar-refractivity contribution in [2.24, 2.45) is 5.92 Å². The first-order valence-corrected chi connectivity index (χ1v) is 7.52. The fourth-order valence-electron chi connectivity index (χ4n) is 3.66. The Morgan fingerprint density at radius 3 is 2.95 bits per heavy atom. The molecule has 3 rings (SSSR count). The van der Waals surface area contributed by atoms with Crippen molar-refractivity contribution in [3.8, 4) is 0 Å². The lowest BCUT2D eigenvalue weighted by molar-refractivity contribution is -0.231. The molecule has 3 fully saturated rings. The Balaban J connectivity index is 1.66. The van der Waals surface area contributed by atoms with Crippen molar-refractivity contribution in [3.05, 3.63) is 0 Å². The molecule has 0 N–H and O–H groups in total. The number of fused-ring (bicyclic) bond motifs is 1. The van der Waals surface area contributed by atoms with E-state index < -0.39 is 0 Å². The van der Waals surface area contributed by atoms with Crippen molar-refractivity contribution in [1.29, 1.82) is 0 Å². The quantitative estimate of drug-likeness (QED) is 0.786. The maximum atomic E-state index is 11.4. The van der Waals surface area contributed by atoms with Crippen molar-refractivity contribution in [2.75, 3.05) is 13.7 Å². The minimum Gasteiger partial charge on any atom is -0.367 e. The third-order valence-electron chi connectivity index (χ3n) is 4.96. The standard InChI is InChI=1S/C15H24O5/c1-9(10(2)16)6-11-4-5-13-15(20-11)7-12(19-13)14(17-3)18-8-15/h9,11-14H,4-8H2,1-3H3/t9?,11-,12-,13+,14-,15-/m1/s1. The van der Waals surface area contributed by atoms with Crippen LogP contribution in [0.25, 0.3) is 0 Å². The van der Waals surface area contributed by atoms with Crippen molar-refractivity contribution >= 4 is 5.78 Å².